The third-order valence-corrected chi connectivity index (χ3v) is 5.02. The Bertz CT molecular complexity index is 754. The maximum Gasteiger partial charge on any atom is 0.409 e. The van der Waals surface area contributed by atoms with Crippen LogP contribution >= 0.6 is 0 Å². The van der Waals surface area contributed by atoms with Crippen molar-refractivity contribution < 1.29 is 27.5 Å². The SMILES string of the molecule is CCOC(=O)N1CCN(C(=O)c2ccc(OC)c(S(C)(=O)=O)c2)CC1. The first-order valence-corrected chi connectivity index (χ1v) is 9.76. The molecule has 25 heavy (non-hydrogen) atoms. The molecular formula is C16H22N2O6S. The molecule has 0 N–H and O–H groups in total. The van der Waals surface area contributed by atoms with Gasteiger partial charge in [0.2, 0.25) is 0 Å². The fourth-order valence-electron chi connectivity index (χ4n) is 2.59. The van der Waals surface area contributed by atoms with Crippen LogP contribution in [0.15, 0.2) is 23.1 Å². The molecule has 0 unspecified atom stereocenters. The number of sulfone groups is 1. The molecule has 0 radical (unpaired) electrons. The van der Waals surface area contributed by atoms with Crippen molar-refractivity contribution in [3.05, 3.63) is 23.8 Å². The highest BCUT2D eigenvalue weighted by atomic mass is 32.2. The lowest BCUT2D eigenvalue weighted by atomic mass is 10.1. The summed E-state index contributed by atoms with van der Waals surface area (Å²) < 4.78 is 33.8. The Balaban J connectivity index is 2.13. The van der Waals surface area contributed by atoms with Crippen LogP contribution < -0.4 is 4.74 Å². The van der Waals surface area contributed by atoms with Gasteiger partial charge in [0.15, 0.2) is 9.84 Å². The van der Waals surface area contributed by atoms with Gasteiger partial charge in [-0.25, -0.2) is 13.2 Å². The third-order valence-electron chi connectivity index (χ3n) is 3.90. The smallest absolute Gasteiger partial charge is 0.409 e. The Morgan fingerprint density at radius 1 is 1.12 bits per heavy atom. The molecule has 1 aromatic rings. The largest absolute Gasteiger partial charge is 0.495 e. The minimum atomic E-state index is -3.52. The van der Waals surface area contributed by atoms with Crippen molar-refractivity contribution in [3.8, 4) is 5.75 Å². The maximum absolute atomic E-state index is 12.6. The average molecular weight is 370 g/mol. The molecule has 0 aliphatic carbocycles. The van der Waals surface area contributed by atoms with Gasteiger partial charge in [0, 0.05) is 38.0 Å². The van der Waals surface area contributed by atoms with E-state index in [9.17, 15) is 18.0 Å². The summed E-state index contributed by atoms with van der Waals surface area (Å²) >= 11 is 0. The Morgan fingerprint density at radius 2 is 1.72 bits per heavy atom. The van der Waals surface area contributed by atoms with Gasteiger partial charge in [-0.2, -0.15) is 0 Å². The first kappa shape index (κ1) is 19.0. The van der Waals surface area contributed by atoms with Crippen molar-refractivity contribution in [2.24, 2.45) is 0 Å². The highest BCUT2D eigenvalue weighted by Crippen LogP contribution is 2.25. The van der Waals surface area contributed by atoms with E-state index in [-0.39, 0.29) is 22.1 Å². The standard InChI is InChI=1S/C16H22N2O6S/c1-4-24-16(20)18-9-7-17(8-10-18)15(19)12-5-6-13(23-2)14(11-12)25(3,21)22/h5-6,11H,4,7-10H2,1-3H3. The molecule has 1 aliphatic rings. The summed E-state index contributed by atoms with van der Waals surface area (Å²) in [5.74, 6) is -0.0813. The molecule has 0 bridgehead atoms. The van der Waals surface area contributed by atoms with Gasteiger partial charge in [-0.1, -0.05) is 0 Å². The molecule has 2 amide bonds. The molecule has 9 heteroatoms. The second-order valence-corrected chi connectivity index (χ2v) is 7.60. The summed E-state index contributed by atoms with van der Waals surface area (Å²) in [4.78, 5) is 27.4. The zero-order chi connectivity index (χ0) is 18.6. The van der Waals surface area contributed by atoms with Crippen molar-refractivity contribution in [1.82, 2.24) is 9.80 Å². The number of amides is 2. The van der Waals surface area contributed by atoms with E-state index < -0.39 is 15.9 Å². The van der Waals surface area contributed by atoms with E-state index in [1.807, 2.05) is 0 Å². The second kappa shape index (κ2) is 7.73. The Kier molecular flexibility index (Phi) is 5.89. The minimum absolute atomic E-state index is 0.0222. The molecule has 138 valence electrons. The highest BCUT2D eigenvalue weighted by Gasteiger charge is 2.26. The van der Waals surface area contributed by atoms with Crippen LogP contribution in [0.5, 0.6) is 5.75 Å². The van der Waals surface area contributed by atoms with Gasteiger partial charge in [-0.15, -0.1) is 0 Å². The molecule has 0 atom stereocenters. The summed E-state index contributed by atoms with van der Waals surface area (Å²) in [5.41, 5.74) is 0.269. The van der Waals surface area contributed by atoms with Crippen molar-refractivity contribution in [2.75, 3.05) is 46.2 Å². The average Bonchev–Trinajstić information content (AvgIpc) is 2.60. The third kappa shape index (κ3) is 4.41. The van der Waals surface area contributed by atoms with Crippen LogP contribution in [0.1, 0.15) is 17.3 Å². The van der Waals surface area contributed by atoms with E-state index in [0.29, 0.717) is 32.8 Å². The van der Waals surface area contributed by atoms with Gasteiger partial charge >= 0.3 is 6.09 Å². The zero-order valence-corrected chi connectivity index (χ0v) is 15.3. The monoisotopic (exact) mass is 370 g/mol. The number of benzene rings is 1. The molecule has 0 spiro atoms. The van der Waals surface area contributed by atoms with Crippen LogP contribution in [0.2, 0.25) is 0 Å². The lowest BCUT2D eigenvalue weighted by Gasteiger charge is -2.34. The van der Waals surface area contributed by atoms with Crippen LogP contribution in [0, 0.1) is 0 Å². The Labute approximate surface area is 147 Å². The molecule has 0 saturated carbocycles. The summed E-state index contributed by atoms with van der Waals surface area (Å²) in [6.45, 7) is 3.51. The maximum atomic E-state index is 12.6. The van der Waals surface area contributed by atoms with Crippen molar-refractivity contribution >= 4 is 21.8 Å². The van der Waals surface area contributed by atoms with Crippen LogP contribution in [-0.4, -0.2) is 76.4 Å². The molecule has 1 aliphatic heterocycles. The van der Waals surface area contributed by atoms with Crippen molar-refractivity contribution in [2.45, 2.75) is 11.8 Å². The number of carbonyl (C=O) groups is 2. The molecule has 1 heterocycles. The van der Waals surface area contributed by atoms with Gasteiger partial charge in [0.25, 0.3) is 5.91 Å². The zero-order valence-electron chi connectivity index (χ0n) is 14.5. The number of hydrogen-bond acceptors (Lipinski definition) is 6. The van der Waals surface area contributed by atoms with Crippen LogP contribution in [0.25, 0.3) is 0 Å². The molecule has 1 aromatic carbocycles. The summed E-state index contributed by atoms with van der Waals surface area (Å²) in [6, 6.07) is 4.33. The van der Waals surface area contributed by atoms with E-state index in [0.717, 1.165) is 6.26 Å². The fourth-order valence-corrected chi connectivity index (χ4v) is 3.45. The highest BCUT2D eigenvalue weighted by molar-refractivity contribution is 7.90. The summed E-state index contributed by atoms with van der Waals surface area (Å²) in [5, 5.41) is 0. The van der Waals surface area contributed by atoms with Crippen LogP contribution in [-0.2, 0) is 14.6 Å². The molecule has 1 saturated heterocycles. The minimum Gasteiger partial charge on any atom is -0.495 e. The van der Waals surface area contributed by atoms with E-state index in [1.54, 1.807) is 16.7 Å². The second-order valence-electron chi connectivity index (χ2n) is 5.62. The number of rotatable bonds is 4. The van der Waals surface area contributed by atoms with Crippen LogP contribution in [0.4, 0.5) is 4.79 Å². The molecule has 1 fully saturated rings. The molecule has 2 rings (SSSR count). The number of ether oxygens (including phenoxy) is 2. The molecule has 8 nitrogen and oxygen atoms in total. The van der Waals surface area contributed by atoms with Crippen molar-refractivity contribution in [3.63, 3.8) is 0 Å². The van der Waals surface area contributed by atoms with Gasteiger partial charge in [0.1, 0.15) is 10.6 Å². The fraction of sp³-hybridized carbons (Fsp3) is 0.500. The first-order valence-electron chi connectivity index (χ1n) is 7.87. The number of piperazine rings is 1. The number of hydrogen-bond donors (Lipinski definition) is 0. The van der Waals surface area contributed by atoms with Gasteiger partial charge in [0.05, 0.1) is 13.7 Å². The number of methoxy groups -OCH3 is 1. The number of nitrogens with zero attached hydrogens (tertiary/aromatic N) is 2. The first-order chi connectivity index (χ1) is 11.8. The van der Waals surface area contributed by atoms with Crippen molar-refractivity contribution in [1.29, 1.82) is 0 Å². The lowest BCUT2D eigenvalue weighted by molar-refractivity contribution is 0.0570. The van der Waals surface area contributed by atoms with Gasteiger partial charge in [-0.05, 0) is 25.1 Å². The van der Waals surface area contributed by atoms with E-state index in [4.69, 9.17) is 9.47 Å². The Morgan fingerprint density at radius 3 is 2.24 bits per heavy atom. The molecule has 0 aromatic heterocycles. The van der Waals surface area contributed by atoms with Crippen LogP contribution in [0.3, 0.4) is 0 Å². The summed E-state index contributed by atoms with van der Waals surface area (Å²) in [7, 11) is -2.15. The normalized spacial score (nSPS) is 15.0. The predicted octanol–water partition coefficient (Wildman–Crippen LogP) is 1.01. The van der Waals surface area contributed by atoms with E-state index in [1.165, 1.54) is 25.3 Å². The van der Waals surface area contributed by atoms with E-state index >= 15 is 0 Å². The molecular weight excluding hydrogens is 348 g/mol. The van der Waals surface area contributed by atoms with Gasteiger partial charge < -0.3 is 19.3 Å². The summed E-state index contributed by atoms with van der Waals surface area (Å²) in [6.07, 6.45) is 0.676. The number of carbonyl (C=O) groups excluding carboxylic acids is 2. The van der Waals surface area contributed by atoms with E-state index in [2.05, 4.69) is 0 Å². The Hall–Kier alpha value is -2.29. The lowest BCUT2D eigenvalue weighted by Crippen LogP contribution is -2.50. The topological polar surface area (TPSA) is 93.2 Å². The van der Waals surface area contributed by atoms with Gasteiger partial charge in [-0.3, -0.25) is 4.79 Å². The quantitative estimate of drug-likeness (QED) is 0.785. The predicted molar refractivity (Wildman–Crippen MR) is 90.6 cm³/mol.